The number of ether oxygens (including phenoxy) is 1. The summed E-state index contributed by atoms with van der Waals surface area (Å²) in [5.74, 6) is 0. The highest BCUT2D eigenvalue weighted by atomic mass is 35.5. The smallest absolute Gasteiger partial charge is 0.260 e. The number of aromatic nitrogens is 1. The van der Waals surface area contributed by atoms with Crippen LogP contribution in [0.4, 0.5) is 0 Å². The first-order valence-electron chi connectivity index (χ1n) is 6.27. The summed E-state index contributed by atoms with van der Waals surface area (Å²) in [5.41, 5.74) is 2.00. The van der Waals surface area contributed by atoms with Crippen molar-refractivity contribution in [1.82, 2.24) is 10.3 Å². The van der Waals surface area contributed by atoms with Crippen LogP contribution in [0.25, 0.3) is 0 Å². The van der Waals surface area contributed by atoms with Gasteiger partial charge in [0.05, 0.1) is 17.3 Å². The van der Waals surface area contributed by atoms with Gasteiger partial charge in [0.15, 0.2) is 0 Å². The maximum atomic E-state index is 6.28. The van der Waals surface area contributed by atoms with Gasteiger partial charge in [0.25, 0.3) is 5.22 Å². The number of benzene rings is 1. The van der Waals surface area contributed by atoms with Crippen molar-refractivity contribution in [1.29, 1.82) is 0 Å². The monoisotopic (exact) mass is 312 g/mol. The largest absolute Gasteiger partial charge is 0.439 e. The normalized spacial score (nSPS) is 10.9. The third kappa shape index (κ3) is 4.52. The quantitative estimate of drug-likeness (QED) is 0.793. The summed E-state index contributed by atoms with van der Waals surface area (Å²) in [6, 6.07) is 5.99. The second-order valence-electron chi connectivity index (χ2n) is 4.29. The van der Waals surface area contributed by atoms with Gasteiger partial charge in [0.1, 0.15) is 6.26 Å². The van der Waals surface area contributed by atoms with Gasteiger partial charge in [0, 0.05) is 25.1 Å². The molecule has 0 fully saturated rings. The molecule has 0 aliphatic heterocycles. The summed E-state index contributed by atoms with van der Waals surface area (Å²) in [6.45, 7) is 4.18. The van der Waals surface area contributed by atoms with Crippen LogP contribution in [0.15, 0.2) is 39.0 Å². The van der Waals surface area contributed by atoms with Crippen molar-refractivity contribution in [2.24, 2.45) is 0 Å². The van der Waals surface area contributed by atoms with E-state index in [0.717, 1.165) is 29.2 Å². The lowest BCUT2D eigenvalue weighted by Crippen LogP contribution is -2.18. The number of halogens is 1. The molecule has 0 aliphatic rings. The molecule has 6 heteroatoms. The van der Waals surface area contributed by atoms with Gasteiger partial charge in [-0.1, -0.05) is 17.7 Å². The highest BCUT2D eigenvalue weighted by molar-refractivity contribution is 7.99. The Morgan fingerprint density at radius 2 is 2.30 bits per heavy atom. The van der Waals surface area contributed by atoms with Crippen molar-refractivity contribution in [2.45, 2.75) is 23.6 Å². The Balaban J connectivity index is 1.95. The molecule has 1 aromatic heterocycles. The predicted octanol–water partition coefficient (Wildman–Crippen LogP) is 3.52. The summed E-state index contributed by atoms with van der Waals surface area (Å²) < 4.78 is 10.3. The minimum atomic E-state index is 0.607. The Hall–Kier alpha value is -1.01. The van der Waals surface area contributed by atoms with E-state index >= 15 is 0 Å². The standard InChI is InChI=1S/C14H17ClN2O2S/c1-10-9-19-14(17-10)20-13-4-3-11(7-12(13)15)8-16-5-6-18-2/h3-4,7,9,16H,5-6,8H2,1-2H3. The molecule has 0 amide bonds. The second kappa shape index (κ2) is 7.69. The molecule has 2 aromatic rings. The summed E-state index contributed by atoms with van der Waals surface area (Å²) in [4.78, 5) is 5.19. The van der Waals surface area contributed by atoms with E-state index in [1.54, 1.807) is 13.4 Å². The topological polar surface area (TPSA) is 47.3 Å². The van der Waals surface area contributed by atoms with Gasteiger partial charge < -0.3 is 14.5 Å². The van der Waals surface area contributed by atoms with Crippen LogP contribution < -0.4 is 5.32 Å². The van der Waals surface area contributed by atoms with Crippen LogP contribution in [0.2, 0.25) is 5.02 Å². The van der Waals surface area contributed by atoms with E-state index in [4.69, 9.17) is 20.8 Å². The van der Waals surface area contributed by atoms with Gasteiger partial charge >= 0.3 is 0 Å². The van der Waals surface area contributed by atoms with Crippen molar-refractivity contribution >= 4 is 23.4 Å². The van der Waals surface area contributed by atoms with Crippen molar-refractivity contribution in [3.63, 3.8) is 0 Å². The molecule has 0 spiro atoms. The lowest BCUT2D eigenvalue weighted by atomic mass is 10.2. The molecule has 1 N–H and O–H groups in total. The SMILES string of the molecule is COCCNCc1ccc(Sc2nc(C)co2)c(Cl)c1. The number of methoxy groups -OCH3 is 1. The maximum absolute atomic E-state index is 6.28. The van der Waals surface area contributed by atoms with Gasteiger partial charge in [-0.3, -0.25) is 0 Å². The highest BCUT2D eigenvalue weighted by Crippen LogP contribution is 2.33. The fourth-order valence-electron chi connectivity index (χ4n) is 1.62. The number of rotatable bonds is 7. The minimum absolute atomic E-state index is 0.607. The molecule has 0 radical (unpaired) electrons. The van der Waals surface area contributed by atoms with Gasteiger partial charge in [-0.25, -0.2) is 4.98 Å². The van der Waals surface area contributed by atoms with E-state index in [9.17, 15) is 0 Å². The van der Waals surface area contributed by atoms with Crippen LogP contribution in [-0.4, -0.2) is 25.2 Å². The van der Waals surface area contributed by atoms with E-state index in [2.05, 4.69) is 10.3 Å². The molecular weight excluding hydrogens is 296 g/mol. The lowest BCUT2D eigenvalue weighted by Gasteiger charge is -2.07. The van der Waals surface area contributed by atoms with Crippen LogP contribution >= 0.6 is 23.4 Å². The molecule has 0 atom stereocenters. The Labute approximate surface area is 127 Å². The van der Waals surface area contributed by atoms with Crippen molar-refractivity contribution < 1.29 is 9.15 Å². The first-order valence-corrected chi connectivity index (χ1v) is 7.46. The number of nitrogens with one attached hydrogen (secondary N) is 1. The molecule has 0 bridgehead atoms. The minimum Gasteiger partial charge on any atom is -0.439 e. The Bertz CT molecular complexity index is 560. The fraction of sp³-hybridized carbons (Fsp3) is 0.357. The molecule has 1 aromatic carbocycles. The lowest BCUT2D eigenvalue weighted by molar-refractivity contribution is 0.199. The van der Waals surface area contributed by atoms with Crippen LogP contribution in [0.1, 0.15) is 11.3 Å². The predicted molar refractivity (Wildman–Crippen MR) is 80.4 cm³/mol. The number of aryl methyl sites for hydroxylation is 1. The van der Waals surface area contributed by atoms with Crippen molar-refractivity contribution in [2.75, 3.05) is 20.3 Å². The Kier molecular flexibility index (Phi) is 5.91. The van der Waals surface area contributed by atoms with Crippen molar-refractivity contribution in [3.05, 3.63) is 40.7 Å². The Morgan fingerprint density at radius 1 is 1.45 bits per heavy atom. The molecule has 2 rings (SSSR count). The number of oxazole rings is 1. The maximum Gasteiger partial charge on any atom is 0.260 e. The molecule has 4 nitrogen and oxygen atoms in total. The van der Waals surface area contributed by atoms with E-state index in [1.807, 2.05) is 25.1 Å². The van der Waals surface area contributed by atoms with Gasteiger partial charge in [-0.15, -0.1) is 0 Å². The number of hydrogen-bond donors (Lipinski definition) is 1. The highest BCUT2D eigenvalue weighted by Gasteiger charge is 2.08. The summed E-state index contributed by atoms with van der Waals surface area (Å²) in [5, 5.41) is 4.59. The molecule has 0 saturated heterocycles. The van der Waals surface area contributed by atoms with Crippen LogP contribution in [0.5, 0.6) is 0 Å². The van der Waals surface area contributed by atoms with E-state index in [0.29, 0.717) is 16.9 Å². The van der Waals surface area contributed by atoms with E-state index in [1.165, 1.54) is 11.8 Å². The van der Waals surface area contributed by atoms with E-state index < -0.39 is 0 Å². The molecular formula is C14H17ClN2O2S. The zero-order valence-electron chi connectivity index (χ0n) is 11.5. The number of hydrogen-bond acceptors (Lipinski definition) is 5. The molecule has 108 valence electrons. The van der Waals surface area contributed by atoms with Crippen molar-refractivity contribution in [3.8, 4) is 0 Å². The van der Waals surface area contributed by atoms with Crippen LogP contribution in [0, 0.1) is 6.92 Å². The average Bonchev–Trinajstić information content (AvgIpc) is 2.83. The summed E-state index contributed by atoms with van der Waals surface area (Å²) >= 11 is 7.71. The van der Waals surface area contributed by atoms with Gasteiger partial charge in [0.2, 0.25) is 0 Å². The van der Waals surface area contributed by atoms with Gasteiger partial charge in [-0.2, -0.15) is 0 Å². The fourth-order valence-corrected chi connectivity index (χ4v) is 2.70. The molecule has 20 heavy (non-hydrogen) atoms. The molecule has 0 aliphatic carbocycles. The zero-order valence-corrected chi connectivity index (χ0v) is 13.1. The number of nitrogens with zero attached hydrogens (tertiary/aromatic N) is 1. The zero-order chi connectivity index (χ0) is 14.4. The Morgan fingerprint density at radius 3 is 2.95 bits per heavy atom. The van der Waals surface area contributed by atoms with E-state index in [-0.39, 0.29) is 0 Å². The third-order valence-electron chi connectivity index (χ3n) is 2.60. The molecule has 1 heterocycles. The second-order valence-corrected chi connectivity index (χ2v) is 5.69. The molecule has 0 unspecified atom stereocenters. The third-order valence-corrected chi connectivity index (χ3v) is 3.97. The average molecular weight is 313 g/mol. The summed E-state index contributed by atoms with van der Waals surface area (Å²) in [7, 11) is 1.69. The van der Waals surface area contributed by atoms with Crippen LogP contribution in [-0.2, 0) is 11.3 Å². The van der Waals surface area contributed by atoms with Gasteiger partial charge in [-0.05, 0) is 36.4 Å². The first kappa shape index (κ1) is 15.4. The first-order chi connectivity index (χ1) is 9.69. The van der Waals surface area contributed by atoms with Crippen LogP contribution in [0.3, 0.4) is 0 Å². The molecule has 0 saturated carbocycles. The summed E-state index contributed by atoms with van der Waals surface area (Å²) in [6.07, 6.45) is 1.63.